The van der Waals surface area contributed by atoms with Crippen LogP contribution in [0.3, 0.4) is 0 Å². The van der Waals surface area contributed by atoms with E-state index >= 15 is 0 Å². The summed E-state index contributed by atoms with van der Waals surface area (Å²) in [5, 5.41) is 12.0. The van der Waals surface area contributed by atoms with E-state index < -0.39 is 5.92 Å². The Labute approximate surface area is 126 Å². The summed E-state index contributed by atoms with van der Waals surface area (Å²) in [6.45, 7) is 1.91. The topological polar surface area (TPSA) is 52.9 Å². The van der Waals surface area contributed by atoms with Crippen LogP contribution in [0.4, 0.5) is 5.69 Å². The molecule has 2 rings (SSSR count). The minimum atomic E-state index is -0.811. The second-order valence-corrected chi connectivity index (χ2v) is 5.34. The molecule has 20 heavy (non-hydrogen) atoms. The molecule has 0 aliphatic heterocycles. The quantitative estimate of drug-likeness (QED) is 0.925. The Morgan fingerprint density at radius 1 is 1.25 bits per heavy atom. The van der Waals surface area contributed by atoms with Gasteiger partial charge in [-0.3, -0.25) is 4.79 Å². The highest BCUT2D eigenvalue weighted by Crippen LogP contribution is 2.23. The molecule has 0 spiro atoms. The Kier molecular flexibility index (Phi) is 4.54. The molecule has 1 atom stereocenters. The van der Waals surface area contributed by atoms with Gasteiger partial charge in [-0.05, 0) is 30.2 Å². The van der Waals surface area contributed by atoms with Gasteiger partial charge in [-0.1, -0.05) is 52.3 Å². The monoisotopic (exact) mass is 328 g/mol. The van der Waals surface area contributed by atoms with E-state index in [0.29, 0.717) is 11.3 Å². The number of aryl methyl sites for hydroxylation is 1. The van der Waals surface area contributed by atoms with Crippen LogP contribution in [0.25, 0.3) is 0 Å². The average molecular weight is 329 g/mol. The molecule has 0 radical (unpaired) electrons. The number of hydrogen-bond donors (Lipinski definition) is 1. The van der Waals surface area contributed by atoms with Crippen molar-refractivity contribution in [2.24, 2.45) is 0 Å². The molecule has 2 aromatic rings. The van der Waals surface area contributed by atoms with Crippen LogP contribution < -0.4 is 5.32 Å². The molecule has 3 nitrogen and oxygen atoms in total. The normalized spacial score (nSPS) is 11.4. The Morgan fingerprint density at radius 2 is 1.95 bits per heavy atom. The van der Waals surface area contributed by atoms with Crippen LogP contribution in [0.1, 0.15) is 17.0 Å². The molecule has 1 amide bonds. The van der Waals surface area contributed by atoms with Gasteiger partial charge in [-0.15, -0.1) is 0 Å². The second kappa shape index (κ2) is 6.36. The van der Waals surface area contributed by atoms with E-state index in [0.717, 1.165) is 10.0 Å². The molecular formula is C16H13BrN2O. The van der Waals surface area contributed by atoms with E-state index in [1.165, 1.54) is 0 Å². The fraction of sp³-hybridized carbons (Fsp3) is 0.125. The molecule has 4 heteroatoms. The van der Waals surface area contributed by atoms with Gasteiger partial charge in [0.25, 0.3) is 0 Å². The molecule has 0 aliphatic carbocycles. The predicted molar refractivity (Wildman–Crippen MR) is 82.3 cm³/mol. The average Bonchev–Trinajstić information content (AvgIpc) is 2.45. The first-order chi connectivity index (χ1) is 9.61. The van der Waals surface area contributed by atoms with Gasteiger partial charge in [0.15, 0.2) is 5.92 Å². The number of halogens is 1. The number of nitriles is 1. The first-order valence-corrected chi connectivity index (χ1v) is 6.92. The summed E-state index contributed by atoms with van der Waals surface area (Å²) >= 11 is 3.37. The van der Waals surface area contributed by atoms with Gasteiger partial charge in [-0.2, -0.15) is 5.26 Å². The van der Waals surface area contributed by atoms with Gasteiger partial charge in [0, 0.05) is 10.2 Å². The van der Waals surface area contributed by atoms with Crippen LogP contribution in [-0.4, -0.2) is 5.91 Å². The van der Waals surface area contributed by atoms with Gasteiger partial charge in [0.2, 0.25) is 5.91 Å². The van der Waals surface area contributed by atoms with Crippen molar-refractivity contribution in [2.45, 2.75) is 12.8 Å². The maximum atomic E-state index is 12.3. The zero-order chi connectivity index (χ0) is 14.5. The Bertz CT molecular complexity index is 662. The number of nitrogens with one attached hydrogen (secondary N) is 1. The van der Waals surface area contributed by atoms with E-state index in [1.54, 1.807) is 12.1 Å². The van der Waals surface area contributed by atoms with Crippen molar-refractivity contribution in [3.8, 4) is 6.07 Å². The SMILES string of the molecule is Cc1ccc(Br)cc1NC(=O)C(C#N)c1ccccc1. The lowest BCUT2D eigenvalue weighted by Crippen LogP contribution is -2.20. The molecule has 0 aromatic heterocycles. The van der Waals surface area contributed by atoms with Crippen molar-refractivity contribution < 1.29 is 4.79 Å². The molecule has 2 aromatic carbocycles. The summed E-state index contributed by atoms with van der Waals surface area (Å²) in [6, 6.07) is 16.7. The van der Waals surface area contributed by atoms with Crippen molar-refractivity contribution in [3.05, 3.63) is 64.1 Å². The van der Waals surface area contributed by atoms with E-state index in [1.807, 2.05) is 49.4 Å². The van der Waals surface area contributed by atoms with Crippen LogP contribution in [0.2, 0.25) is 0 Å². The standard InChI is InChI=1S/C16H13BrN2O/c1-11-7-8-13(17)9-15(11)19-16(20)14(10-18)12-5-3-2-4-6-12/h2-9,14H,1H3,(H,19,20). The Hall–Kier alpha value is -2.12. The summed E-state index contributed by atoms with van der Waals surface area (Å²) < 4.78 is 0.881. The van der Waals surface area contributed by atoms with Crippen LogP contribution >= 0.6 is 15.9 Å². The number of amides is 1. The van der Waals surface area contributed by atoms with Gasteiger partial charge in [0.1, 0.15) is 0 Å². The Balaban J connectivity index is 2.23. The molecule has 1 N–H and O–H groups in total. The summed E-state index contributed by atoms with van der Waals surface area (Å²) in [7, 11) is 0. The highest BCUT2D eigenvalue weighted by Gasteiger charge is 2.20. The van der Waals surface area contributed by atoms with E-state index in [-0.39, 0.29) is 5.91 Å². The molecule has 0 saturated heterocycles. The largest absolute Gasteiger partial charge is 0.324 e. The van der Waals surface area contributed by atoms with Gasteiger partial charge < -0.3 is 5.32 Å². The van der Waals surface area contributed by atoms with Crippen LogP contribution in [-0.2, 0) is 4.79 Å². The van der Waals surface area contributed by atoms with Crippen LogP contribution in [0, 0.1) is 18.3 Å². The van der Waals surface area contributed by atoms with Crippen molar-refractivity contribution in [1.82, 2.24) is 0 Å². The second-order valence-electron chi connectivity index (χ2n) is 4.42. The Morgan fingerprint density at radius 3 is 2.60 bits per heavy atom. The zero-order valence-electron chi connectivity index (χ0n) is 10.9. The maximum Gasteiger partial charge on any atom is 0.246 e. The summed E-state index contributed by atoms with van der Waals surface area (Å²) in [6.07, 6.45) is 0. The van der Waals surface area contributed by atoms with E-state index in [4.69, 9.17) is 0 Å². The van der Waals surface area contributed by atoms with Gasteiger partial charge in [0.05, 0.1) is 6.07 Å². The number of carbonyl (C=O) groups excluding carboxylic acids is 1. The fourth-order valence-corrected chi connectivity index (χ4v) is 2.22. The van der Waals surface area contributed by atoms with E-state index in [9.17, 15) is 10.1 Å². The minimum Gasteiger partial charge on any atom is -0.324 e. The van der Waals surface area contributed by atoms with Crippen LogP contribution in [0.15, 0.2) is 53.0 Å². The molecule has 100 valence electrons. The smallest absolute Gasteiger partial charge is 0.246 e. The fourth-order valence-electron chi connectivity index (χ4n) is 1.86. The number of anilines is 1. The number of benzene rings is 2. The third-order valence-electron chi connectivity index (χ3n) is 2.98. The lowest BCUT2D eigenvalue weighted by atomic mass is 9.99. The van der Waals surface area contributed by atoms with Crippen molar-refractivity contribution in [2.75, 3.05) is 5.32 Å². The predicted octanol–water partition coefficient (Wildman–Crippen LogP) is 4.00. The first kappa shape index (κ1) is 14.3. The van der Waals surface area contributed by atoms with Gasteiger partial charge >= 0.3 is 0 Å². The number of rotatable bonds is 3. The molecule has 0 fully saturated rings. The first-order valence-electron chi connectivity index (χ1n) is 6.13. The van der Waals surface area contributed by atoms with Crippen LogP contribution in [0.5, 0.6) is 0 Å². The summed E-state index contributed by atoms with van der Waals surface area (Å²) in [5.74, 6) is -1.13. The highest BCUT2D eigenvalue weighted by atomic mass is 79.9. The summed E-state index contributed by atoms with van der Waals surface area (Å²) in [5.41, 5.74) is 2.35. The lowest BCUT2D eigenvalue weighted by Gasteiger charge is -2.12. The number of carbonyl (C=O) groups is 1. The molecular weight excluding hydrogens is 316 g/mol. The highest BCUT2D eigenvalue weighted by molar-refractivity contribution is 9.10. The number of hydrogen-bond acceptors (Lipinski definition) is 2. The lowest BCUT2D eigenvalue weighted by molar-refractivity contribution is -0.116. The molecule has 0 aliphatic rings. The summed E-state index contributed by atoms with van der Waals surface area (Å²) in [4.78, 5) is 12.3. The molecule has 0 heterocycles. The van der Waals surface area contributed by atoms with E-state index in [2.05, 4.69) is 21.2 Å². The number of nitrogens with zero attached hydrogens (tertiary/aromatic N) is 1. The molecule has 0 saturated carbocycles. The molecule has 1 unspecified atom stereocenters. The zero-order valence-corrected chi connectivity index (χ0v) is 12.5. The molecule has 0 bridgehead atoms. The van der Waals surface area contributed by atoms with Gasteiger partial charge in [-0.25, -0.2) is 0 Å². The minimum absolute atomic E-state index is 0.320. The third-order valence-corrected chi connectivity index (χ3v) is 3.47. The maximum absolute atomic E-state index is 12.3. The van der Waals surface area contributed by atoms with Crippen molar-refractivity contribution in [3.63, 3.8) is 0 Å². The van der Waals surface area contributed by atoms with Crippen molar-refractivity contribution >= 4 is 27.5 Å². The van der Waals surface area contributed by atoms with Crippen molar-refractivity contribution in [1.29, 1.82) is 5.26 Å². The third kappa shape index (κ3) is 3.25.